The summed E-state index contributed by atoms with van der Waals surface area (Å²) in [6, 6.07) is 8.74. The van der Waals surface area contributed by atoms with E-state index in [-0.39, 0.29) is 24.0 Å². The van der Waals surface area contributed by atoms with Crippen LogP contribution in [0.25, 0.3) is 0 Å². The predicted molar refractivity (Wildman–Crippen MR) is 121 cm³/mol. The highest BCUT2D eigenvalue weighted by Gasteiger charge is 2.14. The molecule has 0 unspecified atom stereocenters. The highest BCUT2D eigenvalue weighted by molar-refractivity contribution is 14.0. The molecule has 1 aromatic rings. The van der Waals surface area contributed by atoms with E-state index in [4.69, 9.17) is 9.73 Å². The van der Waals surface area contributed by atoms with Crippen molar-refractivity contribution in [3.8, 4) is 5.75 Å². The normalized spacial score (nSPS) is 15.5. The maximum absolute atomic E-state index is 5.94. The summed E-state index contributed by atoms with van der Waals surface area (Å²) in [5, 5.41) is 6.97. The first-order valence-electron chi connectivity index (χ1n) is 9.59. The van der Waals surface area contributed by atoms with E-state index in [1.807, 2.05) is 18.2 Å². The van der Waals surface area contributed by atoms with Crippen LogP contribution in [0.5, 0.6) is 5.75 Å². The number of para-hydroxylation sites is 1. The molecule has 1 aliphatic rings. The van der Waals surface area contributed by atoms with Crippen LogP contribution in [0.3, 0.4) is 0 Å². The standard InChI is InChI=1S/C20H34N4O.HI/c1-4-21-20(23-18-11-6-5-7-12-18)22-16-17-10-8-9-13-19(17)25-15-14-24(2)3;/h8-10,13,18H,4-7,11-12,14-16H2,1-3H3,(H2,21,22,23);1H. The number of halogens is 1. The average Bonchev–Trinajstić information content (AvgIpc) is 2.61. The van der Waals surface area contributed by atoms with Gasteiger partial charge in [0.2, 0.25) is 0 Å². The van der Waals surface area contributed by atoms with Crippen LogP contribution in [0.2, 0.25) is 0 Å². The van der Waals surface area contributed by atoms with E-state index in [0.717, 1.165) is 30.4 Å². The third kappa shape index (κ3) is 8.58. The smallest absolute Gasteiger partial charge is 0.191 e. The molecule has 1 aromatic carbocycles. The third-order valence-electron chi connectivity index (χ3n) is 4.47. The zero-order chi connectivity index (χ0) is 17.9. The van der Waals surface area contributed by atoms with Gasteiger partial charge in [0, 0.05) is 24.7 Å². The number of nitrogens with one attached hydrogen (secondary N) is 2. The number of likely N-dealkylation sites (N-methyl/N-ethyl adjacent to an activating group) is 1. The van der Waals surface area contributed by atoms with Gasteiger partial charge in [-0.1, -0.05) is 37.5 Å². The summed E-state index contributed by atoms with van der Waals surface area (Å²) in [6.45, 7) is 5.20. The molecule has 0 aromatic heterocycles. The van der Waals surface area contributed by atoms with Crippen LogP contribution in [-0.4, -0.2) is 50.7 Å². The van der Waals surface area contributed by atoms with Crippen LogP contribution in [0.1, 0.15) is 44.6 Å². The van der Waals surface area contributed by atoms with Crippen LogP contribution in [0.15, 0.2) is 29.3 Å². The lowest BCUT2D eigenvalue weighted by molar-refractivity contribution is 0.259. The molecule has 1 saturated carbocycles. The summed E-state index contributed by atoms with van der Waals surface area (Å²) in [6.07, 6.45) is 6.49. The summed E-state index contributed by atoms with van der Waals surface area (Å²) < 4.78 is 5.94. The molecule has 0 radical (unpaired) electrons. The van der Waals surface area contributed by atoms with Crippen molar-refractivity contribution in [2.75, 3.05) is 33.8 Å². The molecule has 0 saturated heterocycles. The van der Waals surface area contributed by atoms with Crippen molar-refractivity contribution < 1.29 is 4.74 Å². The number of guanidine groups is 1. The van der Waals surface area contributed by atoms with E-state index in [2.05, 4.69) is 42.6 Å². The van der Waals surface area contributed by atoms with Gasteiger partial charge in [-0.3, -0.25) is 0 Å². The molecule has 26 heavy (non-hydrogen) atoms. The first-order valence-corrected chi connectivity index (χ1v) is 9.59. The number of rotatable bonds is 8. The highest BCUT2D eigenvalue weighted by atomic mass is 127. The minimum Gasteiger partial charge on any atom is -0.492 e. The van der Waals surface area contributed by atoms with Crippen molar-refractivity contribution in [1.29, 1.82) is 0 Å². The second-order valence-corrected chi connectivity index (χ2v) is 6.93. The van der Waals surface area contributed by atoms with Gasteiger partial charge in [0.15, 0.2) is 5.96 Å². The number of ether oxygens (including phenoxy) is 1. The summed E-state index contributed by atoms with van der Waals surface area (Å²) >= 11 is 0. The Morgan fingerprint density at radius 3 is 2.62 bits per heavy atom. The van der Waals surface area contributed by atoms with Gasteiger partial charge in [0.1, 0.15) is 12.4 Å². The maximum Gasteiger partial charge on any atom is 0.191 e. The Hall–Kier alpha value is -1.02. The van der Waals surface area contributed by atoms with Gasteiger partial charge < -0.3 is 20.3 Å². The molecule has 1 fully saturated rings. The molecule has 0 spiro atoms. The van der Waals surface area contributed by atoms with Crippen LogP contribution in [0.4, 0.5) is 0 Å². The first-order chi connectivity index (χ1) is 12.2. The van der Waals surface area contributed by atoms with Crippen molar-refractivity contribution in [1.82, 2.24) is 15.5 Å². The van der Waals surface area contributed by atoms with E-state index < -0.39 is 0 Å². The van der Waals surface area contributed by atoms with Gasteiger partial charge in [-0.15, -0.1) is 24.0 Å². The summed E-state index contributed by atoms with van der Waals surface area (Å²) in [5.74, 6) is 1.85. The molecule has 5 nitrogen and oxygen atoms in total. The van der Waals surface area contributed by atoms with Crippen LogP contribution >= 0.6 is 24.0 Å². The van der Waals surface area contributed by atoms with Gasteiger partial charge in [0.05, 0.1) is 6.54 Å². The molecule has 148 valence electrons. The molecule has 0 heterocycles. The molecule has 6 heteroatoms. The number of hydrogen-bond acceptors (Lipinski definition) is 3. The molecule has 2 N–H and O–H groups in total. The van der Waals surface area contributed by atoms with Crippen molar-refractivity contribution in [3.63, 3.8) is 0 Å². The van der Waals surface area contributed by atoms with Crippen molar-refractivity contribution in [2.45, 2.75) is 51.6 Å². The van der Waals surface area contributed by atoms with Gasteiger partial charge in [0.25, 0.3) is 0 Å². The predicted octanol–water partition coefficient (Wildman–Crippen LogP) is 3.63. The molecular weight excluding hydrogens is 439 g/mol. The van der Waals surface area contributed by atoms with Crippen LogP contribution in [-0.2, 0) is 6.54 Å². The minimum atomic E-state index is 0. The van der Waals surface area contributed by atoms with E-state index >= 15 is 0 Å². The third-order valence-corrected chi connectivity index (χ3v) is 4.47. The second kappa shape index (κ2) is 13.2. The second-order valence-electron chi connectivity index (χ2n) is 6.93. The van der Waals surface area contributed by atoms with E-state index in [1.165, 1.54) is 32.1 Å². The van der Waals surface area contributed by atoms with Gasteiger partial charge in [-0.2, -0.15) is 0 Å². The van der Waals surface area contributed by atoms with Gasteiger partial charge in [-0.25, -0.2) is 4.99 Å². The van der Waals surface area contributed by atoms with Crippen LogP contribution < -0.4 is 15.4 Å². The lowest BCUT2D eigenvalue weighted by Crippen LogP contribution is -2.44. The first kappa shape index (κ1) is 23.0. The van der Waals surface area contributed by atoms with Crippen molar-refractivity contribution in [2.24, 2.45) is 4.99 Å². The Morgan fingerprint density at radius 1 is 1.19 bits per heavy atom. The topological polar surface area (TPSA) is 48.9 Å². The Kier molecular flexibility index (Phi) is 11.7. The monoisotopic (exact) mass is 474 g/mol. The molecular formula is C20H35IN4O. The molecule has 2 rings (SSSR count). The fourth-order valence-electron chi connectivity index (χ4n) is 3.04. The lowest BCUT2D eigenvalue weighted by Gasteiger charge is -2.25. The SMILES string of the molecule is CCNC(=NCc1ccccc1OCCN(C)C)NC1CCCCC1.I. The van der Waals surface area contributed by atoms with Gasteiger partial charge in [-0.05, 0) is 39.9 Å². The Balaban J connectivity index is 0.00000338. The summed E-state index contributed by atoms with van der Waals surface area (Å²) in [4.78, 5) is 6.91. The number of benzene rings is 1. The van der Waals surface area contributed by atoms with Crippen LogP contribution in [0, 0.1) is 0 Å². The fourth-order valence-corrected chi connectivity index (χ4v) is 3.04. The minimum absolute atomic E-state index is 0. The quantitative estimate of drug-likeness (QED) is 0.343. The largest absolute Gasteiger partial charge is 0.492 e. The Bertz CT molecular complexity index is 530. The Labute approximate surface area is 176 Å². The Morgan fingerprint density at radius 2 is 1.92 bits per heavy atom. The zero-order valence-electron chi connectivity index (χ0n) is 16.5. The lowest BCUT2D eigenvalue weighted by atomic mass is 9.96. The van der Waals surface area contributed by atoms with Crippen molar-refractivity contribution >= 4 is 29.9 Å². The maximum atomic E-state index is 5.94. The molecule has 0 bridgehead atoms. The summed E-state index contributed by atoms with van der Waals surface area (Å²) in [7, 11) is 4.11. The molecule has 0 atom stereocenters. The zero-order valence-corrected chi connectivity index (χ0v) is 18.8. The number of nitrogens with zero attached hydrogens (tertiary/aromatic N) is 2. The fraction of sp³-hybridized carbons (Fsp3) is 0.650. The van der Waals surface area contributed by atoms with Gasteiger partial charge >= 0.3 is 0 Å². The average molecular weight is 474 g/mol. The number of aliphatic imine (C=N–C) groups is 1. The van der Waals surface area contributed by atoms with E-state index in [9.17, 15) is 0 Å². The van der Waals surface area contributed by atoms with Crippen molar-refractivity contribution in [3.05, 3.63) is 29.8 Å². The van der Waals surface area contributed by atoms with E-state index in [1.54, 1.807) is 0 Å². The summed E-state index contributed by atoms with van der Waals surface area (Å²) in [5.41, 5.74) is 1.13. The molecule has 1 aliphatic carbocycles. The number of hydrogen-bond donors (Lipinski definition) is 2. The molecule has 0 amide bonds. The van der Waals surface area contributed by atoms with E-state index in [0.29, 0.717) is 19.2 Å². The molecule has 0 aliphatic heterocycles. The highest BCUT2D eigenvalue weighted by Crippen LogP contribution is 2.19.